The standard InChI is InChI=1S/C11H10ClN3O/c12-10-6-9(3-4-11(10)13)16-7-8-2-1-5-14-15-8/h1-6H,7,13H2. The van der Waals surface area contributed by atoms with E-state index in [0.717, 1.165) is 5.69 Å². The average molecular weight is 236 g/mol. The van der Waals surface area contributed by atoms with Crippen molar-refractivity contribution in [3.8, 4) is 5.75 Å². The smallest absolute Gasteiger partial charge is 0.132 e. The number of halogens is 1. The van der Waals surface area contributed by atoms with Crippen LogP contribution in [0, 0.1) is 0 Å². The van der Waals surface area contributed by atoms with Crippen molar-refractivity contribution in [2.75, 3.05) is 5.73 Å². The highest BCUT2D eigenvalue weighted by molar-refractivity contribution is 6.33. The molecule has 1 heterocycles. The summed E-state index contributed by atoms with van der Waals surface area (Å²) in [6.07, 6.45) is 1.61. The van der Waals surface area contributed by atoms with Crippen LogP contribution in [-0.2, 0) is 6.61 Å². The summed E-state index contributed by atoms with van der Waals surface area (Å²) in [7, 11) is 0. The number of nitrogens with two attached hydrogens (primary N) is 1. The van der Waals surface area contributed by atoms with Crippen molar-refractivity contribution in [1.82, 2.24) is 10.2 Å². The molecule has 0 aliphatic heterocycles. The van der Waals surface area contributed by atoms with E-state index in [9.17, 15) is 0 Å². The zero-order valence-corrected chi connectivity index (χ0v) is 9.19. The van der Waals surface area contributed by atoms with Gasteiger partial charge in [-0.1, -0.05) is 11.6 Å². The molecule has 0 fully saturated rings. The minimum absolute atomic E-state index is 0.355. The molecule has 0 radical (unpaired) electrons. The molecule has 0 unspecified atom stereocenters. The number of rotatable bonds is 3. The van der Waals surface area contributed by atoms with Crippen molar-refractivity contribution >= 4 is 17.3 Å². The summed E-state index contributed by atoms with van der Waals surface area (Å²) >= 11 is 5.86. The van der Waals surface area contributed by atoms with Crippen LogP contribution in [0.5, 0.6) is 5.75 Å². The Hall–Kier alpha value is -1.81. The summed E-state index contributed by atoms with van der Waals surface area (Å²) in [5.74, 6) is 0.657. The molecular weight excluding hydrogens is 226 g/mol. The zero-order valence-electron chi connectivity index (χ0n) is 8.43. The Morgan fingerprint density at radius 2 is 2.19 bits per heavy atom. The molecule has 82 valence electrons. The molecule has 0 spiro atoms. The van der Waals surface area contributed by atoms with Crippen LogP contribution in [0.1, 0.15) is 5.69 Å². The Balaban J connectivity index is 2.03. The Morgan fingerprint density at radius 3 is 2.88 bits per heavy atom. The van der Waals surface area contributed by atoms with Crippen molar-refractivity contribution in [2.24, 2.45) is 0 Å². The summed E-state index contributed by atoms with van der Waals surface area (Å²) in [6, 6.07) is 8.78. The Morgan fingerprint density at radius 1 is 1.31 bits per heavy atom. The van der Waals surface area contributed by atoms with Gasteiger partial charge in [-0.25, -0.2) is 0 Å². The third-order valence-electron chi connectivity index (χ3n) is 1.99. The minimum atomic E-state index is 0.355. The molecule has 2 aromatic rings. The molecule has 0 saturated carbocycles. The van der Waals surface area contributed by atoms with Crippen molar-refractivity contribution < 1.29 is 4.74 Å². The van der Waals surface area contributed by atoms with Gasteiger partial charge in [0, 0.05) is 12.3 Å². The van der Waals surface area contributed by atoms with E-state index in [1.54, 1.807) is 24.4 Å². The second kappa shape index (κ2) is 4.81. The summed E-state index contributed by atoms with van der Waals surface area (Å²) in [5.41, 5.74) is 6.88. The van der Waals surface area contributed by atoms with E-state index in [4.69, 9.17) is 22.1 Å². The van der Waals surface area contributed by atoms with E-state index < -0.39 is 0 Å². The largest absolute Gasteiger partial charge is 0.487 e. The van der Waals surface area contributed by atoms with Gasteiger partial charge in [0.15, 0.2) is 0 Å². The van der Waals surface area contributed by atoms with Crippen molar-refractivity contribution in [3.05, 3.63) is 47.2 Å². The molecule has 1 aromatic carbocycles. The number of aromatic nitrogens is 2. The van der Waals surface area contributed by atoms with Gasteiger partial charge in [0.2, 0.25) is 0 Å². The number of hydrogen-bond acceptors (Lipinski definition) is 4. The monoisotopic (exact) mass is 235 g/mol. The van der Waals surface area contributed by atoms with Gasteiger partial charge < -0.3 is 10.5 Å². The third kappa shape index (κ3) is 2.61. The number of nitrogen functional groups attached to an aromatic ring is 1. The highest BCUT2D eigenvalue weighted by atomic mass is 35.5. The van der Waals surface area contributed by atoms with Gasteiger partial charge in [-0.05, 0) is 24.3 Å². The molecule has 0 amide bonds. The number of nitrogens with zero attached hydrogens (tertiary/aromatic N) is 2. The van der Waals surface area contributed by atoms with Crippen molar-refractivity contribution in [1.29, 1.82) is 0 Å². The lowest BCUT2D eigenvalue weighted by Gasteiger charge is -2.06. The molecule has 16 heavy (non-hydrogen) atoms. The first-order chi connectivity index (χ1) is 7.75. The number of ether oxygens (including phenoxy) is 1. The lowest BCUT2D eigenvalue weighted by Crippen LogP contribution is -1.99. The van der Waals surface area contributed by atoms with Crippen LogP contribution in [0.3, 0.4) is 0 Å². The molecule has 0 atom stereocenters. The van der Waals surface area contributed by atoms with Crippen LogP contribution in [0.15, 0.2) is 36.5 Å². The maximum atomic E-state index is 5.86. The summed E-state index contributed by atoms with van der Waals surface area (Å²) < 4.78 is 5.49. The van der Waals surface area contributed by atoms with Crippen LogP contribution in [0.25, 0.3) is 0 Å². The maximum absolute atomic E-state index is 5.86. The van der Waals surface area contributed by atoms with Crippen LogP contribution >= 0.6 is 11.6 Å². The first-order valence-electron chi connectivity index (χ1n) is 4.70. The topological polar surface area (TPSA) is 61.0 Å². The van der Waals surface area contributed by atoms with Gasteiger partial charge in [-0.15, -0.1) is 0 Å². The predicted octanol–water partition coefficient (Wildman–Crippen LogP) is 2.29. The van der Waals surface area contributed by atoms with E-state index in [1.165, 1.54) is 0 Å². The molecule has 4 nitrogen and oxygen atoms in total. The fourth-order valence-corrected chi connectivity index (χ4v) is 1.34. The average Bonchev–Trinajstić information content (AvgIpc) is 2.32. The molecule has 2 rings (SSSR count). The molecule has 0 saturated heterocycles. The van der Waals surface area contributed by atoms with E-state index in [0.29, 0.717) is 23.1 Å². The normalized spacial score (nSPS) is 10.1. The van der Waals surface area contributed by atoms with Gasteiger partial charge in [-0.3, -0.25) is 0 Å². The van der Waals surface area contributed by atoms with E-state index in [2.05, 4.69) is 10.2 Å². The summed E-state index contributed by atoms with van der Waals surface area (Å²) in [4.78, 5) is 0. The molecule has 0 bridgehead atoms. The Kier molecular flexibility index (Phi) is 3.22. The second-order valence-electron chi connectivity index (χ2n) is 3.19. The van der Waals surface area contributed by atoms with Gasteiger partial charge in [0.25, 0.3) is 0 Å². The van der Waals surface area contributed by atoms with Crippen LogP contribution in [0.4, 0.5) is 5.69 Å². The van der Waals surface area contributed by atoms with Crippen molar-refractivity contribution in [3.63, 3.8) is 0 Å². The highest BCUT2D eigenvalue weighted by Gasteiger charge is 2.00. The number of benzene rings is 1. The fourth-order valence-electron chi connectivity index (χ4n) is 1.17. The van der Waals surface area contributed by atoms with Crippen LogP contribution in [0.2, 0.25) is 5.02 Å². The fraction of sp³-hybridized carbons (Fsp3) is 0.0909. The Bertz CT molecular complexity index is 476. The Labute approximate surface area is 98.0 Å². The molecule has 5 heteroatoms. The van der Waals surface area contributed by atoms with E-state index in [1.807, 2.05) is 12.1 Å². The molecule has 0 aliphatic rings. The highest BCUT2D eigenvalue weighted by Crippen LogP contribution is 2.24. The number of hydrogen-bond donors (Lipinski definition) is 1. The number of anilines is 1. The van der Waals surface area contributed by atoms with E-state index in [-0.39, 0.29) is 0 Å². The minimum Gasteiger partial charge on any atom is -0.487 e. The van der Waals surface area contributed by atoms with Gasteiger partial charge in [-0.2, -0.15) is 10.2 Å². The second-order valence-corrected chi connectivity index (χ2v) is 3.59. The lowest BCUT2D eigenvalue weighted by molar-refractivity contribution is 0.300. The first-order valence-corrected chi connectivity index (χ1v) is 5.08. The lowest BCUT2D eigenvalue weighted by atomic mass is 10.3. The zero-order chi connectivity index (χ0) is 11.4. The van der Waals surface area contributed by atoms with Crippen LogP contribution in [-0.4, -0.2) is 10.2 Å². The molecule has 2 N–H and O–H groups in total. The van der Waals surface area contributed by atoms with Gasteiger partial charge >= 0.3 is 0 Å². The van der Waals surface area contributed by atoms with Gasteiger partial charge in [0.05, 0.1) is 10.7 Å². The predicted molar refractivity (Wildman–Crippen MR) is 62.2 cm³/mol. The van der Waals surface area contributed by atoms with Gasteiger partial charge in [0.1, 0.15) is 18.1 Å². The quantitative estimate of drug-likeness (QED) is 0.830. The molecule has 1 aromatic heterocycles. The van der Waals surface area contributed by atoms with Crippen molar-refractivity contribution in [2.45, 2.75) is 6.61 Å². The summed E-state index contributed by atoms with van der Waals surface area (Å²) in [6.45, 7) is 0.355. The summed E-state index contributed by atoms with van der Waals surface area (Å²) in [5, 5.41) is 8.14. The third-order valence-corrected chi connectivity index (χ3v) is 2.31. The first kappa shape index (κ1) is 10.7. The molecular formula is C11H10ClN3O. The van der Waals surface area contributed by atoms with E-state index >= 15 is 0 Å². The maximum Gasteiger partial charge on any atom is 0.132 e. The van der Waals surface area contributed by atoms with Crippen LogP contribution < -0.4 is 10.5 Å². The molecule has 0 aliphatic carbocycles. The SMILES string of the molecule is Nc1ccc(OCc2cccnn2)cc1Cl.